The summed E-state index contributed by atoms with van der Waals surface area (Å²) in [5, 5.41) is 3.22. The molecule has 0 spiro atoms. The summed E-state index contributed by atoms with van der Waals surface area (Å²) in [7, 11) is 0. The molecule has 0 amide bonds. The van der Waals surface area contributed by atoms with Gasteiger partial charge in [0, 0.05) is 11.4 Å². The number of aryl methyl sites for hydroxylation is 1. The second-order valence-electron chi connectivity index (χ2n) is 4.55. The maximum Gasteiger partial charge on any atom is 0.0898 e. The van der Waals surface area contributed by atoms with E-state index in [1.54, 1.807) is 11.3 Å². The lowest BCUT2D eigenvalue weighted by Gasteiger charge is -2.18. The van der Waals surface area contributed by atoms with Gasteiger partial charge in [-0.05, 0) is 19.3 Å². The monoisotopic (exact) mass is 240 g/mol. The van der Waals surface area contributed by atoms with Crippen LogP contribution in [0.3, 0.4) is 0 Å². The molecule has 16 heavy (non-hydrogen) atoms. The highest BCUT2D eigenvalue weighted by Crippen LogP contribution is 2.25. The van der Waals surface area contributed by atoms with Crippen LogP contribution in [0.2, 0.25) is 0 Å². The van der Waals surface area contributed by atoms with E-state index in [-0.39, 0.29) is 6.04 Å². The minimum absolute atomic E-state index is 0.131. The van der Waals surface area contributed by atoms with Gasteiger partial charge in [-0.15, -0.1) is 11.3 Å². The number of hydrogen-bond acceptors (Lipinski definition) is 3. The molecule has 1 heterocycles. The fraction of sp³-hybridized carbons (Fsp3) is 0.769. The van der Waals surface area contributed by atoms with Gasteiger partial charge in [0.1, 0.15) is 0 Å². The molecule has 92 valence electrons. The lowest BCUT2D eigenvalue weighted by atomic mass is 9.91. The van der Waals surface area contributed by atoms with Crippen LogP contribution in [0.25, 0.3) is 0 Å². The van der Waals surface area contributed by atoms with E-state index >= 15 is 0 Å². The largest absolute Gasteiger partial charge is 0.323 e. The van der Waals surface area contributed by atoms with Crippen molar-refractivity contribution >= 4 is 11.3 Å². The smallest absolute Gasteiger partial charge is 0.0898 e. The molecule has 2 N–H and O–H groups in total. The normalized spacial score (nSPS) is 15.0. The van der Waals surface area contributed by atoms with Crippen molar-refractivity contribution in [3.8, 4) is 0 Å². The van der Waals surface area contributed by atoms with Crippen molar-refractivity contribution in [2.75, 3.05) is 0 Å². The van der Waals surface area contributed by atoms with E-state index in [9.17, 15) is 0 Å². The van der Waals surface area contributed by atoms with Gasteiger partial charge in [0.05, 0.1) is 10.7 Å². The van der Waals surface area contributed by atoms with Gasteiger partial charge in [0.25, 0.3) is 0 Å². The van der Waals surface area contributed by atoms with E-state index in [0.29, 0.717) is 0 Å². The minimum atomic E-state index is 0.131. The molecule has 0 saturated carbocycles. The van der Waals surface area contributed by atoms with E-state index in [2.05, 4.69) is 24.2 Å². The fourth-order valence-electron chi connectivity index (χ4n) is 2.01. The Morgan fingerprint density at radius 3 is 2.69 bits per heavy atom. The Labute approximate surface area is 103 Å². The number of nitrogens with two attached hydrogens (primary N) is 1. The van der Waals surface area contributed by atoms with Crippen LogP contribution in [0, 0.1) is 12.8 Å². The number of rotatable bonds is 7. The molecule has 0 saturated heterocycles. The Morgan fingerprint density at radius 2 is 2.19 bits per heavy atom. The lowest BCUT2D eigenvalue weighted by molar-refractivity contribution is 0.386. The highest BCUT2D eigenvalue weighted by Gasteiger charge is 2.15. The summed E-state index contributed by atoms with van der Waals surface area (Å²) in [5.74, 6) is 0.761. The van der Waals surface area contributed by atoms with E-state index in [1.807, 2.05) is 6.92 Å². The fourth-order valence-corrected chi connectivity index (χ4v) is 2.69. The Morgan fingerprint density at radius 1 is 1.44 bits per heavy atom. The SMILES string of the molecule is CCCCC(CC)CC(N)c1csc(C)n1. The Bertz CT molecular complexity index is 296. The summed E-state index contributed by atoms with van der Waals surface area (Å²) in [6.07, 6.45) is 6.23. The first-order valence-corrected chi connectivity index (χ1v) is 7.22. The molecule has 1 aromatic heterocycles. The molecule has 0 fully saturated rings. The zero-order valence-electron chi connectivity index (χ0n) is 10.7. The third-order valence-corrected chi connectivity index (χ3v) is 3.94. The number of nitrogens with zero attached hydrogens (tertiary/aromatic N) is 1. The zero-order chi connectivity index (χ0) is 12.0. The summed E-state index contributed by atoms with van der Waals surface area (Å²) < 4.78 is 0. The van der Waals surface area contributed by atoms with Crippen LogP contribution in [0.4, 0.5) is 0 Å². The van der Waals surface area contributed by atoms with Crippen LogP contribution in [-0.4, -0.2) is 4.98 Å². The van der Waals surface area contributed by atoms with Crippen LogP contribution in [0.5, 0.6) is 0 Å². The van der Waals surface area contributed by atoms with Crippen LogP contribution in [0.1, 0.15) is 62.7 Å². The van der Waals surface area contributed by atoms with Crippen LogP contribution < -0.4 is 5.73 Å². The number of hydrogen-bond donors (Lipinski definition) is 1. The minimum Gasteiger partial charge on any atom is -0.323 e. The van der Waals surface area contributed by atoms with Gasteiger partial charge in [-0.2, -0.15) is 0 Å². The number of aromatic nitrogens is 1. The van der Waals surface area contributed by atoms with Gasteiger partial charge in [-0.1, -0.05) is 39.5 Å². The van der Waals surface area contributed by atoms with Crippen molar-refractivity contribution < 1.29 is 0 Å². The van der Waals surface area contributed by atoms with Crippen molar-refractivity contribution in [2.45, 2.75) is 58.9 Å². The highest BCUT2D eigenvalue weighted by atomic mass is 32.1. The lowest BCUT2D eigenvalue weighted by Crippen LogP contribution is -2.15. The van der Waals surface area contributed by atoms with Gasteiger partial charge in [0.2, 0.25) is 0 Å². The summed E-state index contributed by atoms with van der Waals surface area (Å²) in [6, 6.07) is 0.131. The second kappa shape index (κ2) is 7.02. The van der Waals surface area contributed by atoms with E-state index in [4.69, 9.17) is 5.73 Å². The Kier molecular flexibility index (Phi) is 5.99. The van der Waals surface area contributed by atoms with E-state index in [1.165, 1.54) is 25.7 Å². The van der Waals surface area contributed by atoms with Crippen molar-refractivity contribution in [2.24, 2.45) is 11.7 Å². The van der Waals surface area contributed by atoms with Crippen molar-refractivity contribution in [1.29, 1.82) is 0 Å². The summed E-state index contributed by atoms with van der Waals surface area (Å²) in [4.78, 5) is 4.47. The number of unbranched alkanes of at least 4 members (excludes halogenated alkanes) is 1. The Balaban J connectivity index is 2.45. The third-order valence-electron chi connectivity index (χ3n) is 3.15. The maximum absolute atomic E-state index is 6.20. The molecule has 2 atom stereocenters. The summed E-state index contributed by atoms with van der Waals surface area (Å²) in [5.41, 5.74) is 7.28. The predicted molar refractivity (Wildman–Crippen MR) is 71.7 cm³/mol. The zero-order valence-corrected chi connectivity index (χ0v) is 11.5. The predicted octanol–water partition coefficient (Wildman–Crippen LogP) is 4.06. The quantitative estimate of drug-likeness (QED) is 0.780. The summed E-state index contributed by atoms with van der Waals surface area (Å²) in [6.45, 7) is 6.55. The average molecular weight is 240 g/mol. The first-order valence-electron chi connectivity index (χ1n) is 6.34. The first kappa shape index (κ1) is 13.7. The second-order valence-corrected chi connectivity index (χ2v) is 5.61. The molecule has 2 nitrogen and oxygen atoms in total. The van der Waals surface area contributed by atoms with Crippen LogP contribution in [-0.2, 0) is 0 Å². The van der Waals surface area contributed by atoms with Gasteiger partial charge in [0.15, 0.2) is 0 Å². The van der Waals surface area contributed by atoms with E-state index < -0.39 is 0 Å². The molecule has 3 heteroatoms. The van der Waals surface area contributed by atoms with Crippen LogP contribution >= 0.6 is 11.3 Å². The molecule has 1 aromatic rings. The first-order chi connectivity index (χ1) is 7.67. The van der Waals surface area contributed by atoms with E-state index in [0.717, 1.165) is 23.0 Å². The van der Waals surface area contributed by atoms with Crippen molar-refractivity contribution in [1.82, 2.24) is 4.98 Å². The topological polar surface area (TPSA) is 38.9 Å². The van der Waals surface area contributed by atoms with Gasteiger partial charge < -0.3 is 5.73 Å². The molecule has 0 aliphatic rings. The Hall–Kier alpha value is -0.410. The average Bonchev–Trinajstić information content (AvgIpc) is 2.70. The third kappa shape index (κ3) is 4.22. The molecule has 0 aliphatic heterocycles. The molecule has 0 aromatic carbocycles. The molecular formula is C13H24N2S. The van der Waals surface area contributed by atoms with Gasteiger partial charge in [-0.25, -0.2) is 4.98 Å². The molecule has 0 radical (unpaired) electrons. The van der Waals surface area contributed by atoms with Crippen molar-refractivity contribution in [3.05, 3.63) is 16.1 Å². The molecule has 0 bridgehead atoms. The standard InChI is InChI=1S/C13H24N2S/c1-4-6-7-11(5-2)8-12(14)13-9-16-10(3)15-13/h9,11-12H,4-8,14H2,1-3H3. The maximum atomic E-state index is 6.20. The van der Waals surface area contributed by atoms with Crippen molar-refractivity contribution in [3.63, 3.8) is 0 Å². The molecule has 2 unspecified atom stereocenters. The van der Waals surface area contributed by atoms with Gasteiger partial charge >= 0.3 is 0 Å². The molecule has 0 aliphatic carbocycles. The number of thiazole rings is 1. The van der Waals surface area contributed by atoms with Gasteiger partial charge in [-0.3, -0.25) is 0 Å². The summed E-state index contributed by atoms with van der Waals surface area (Å²) >= 11 is 1.69. The van der Waals surface area contributed by atoms with Crippen LogP contribution in [0.15, 0.2) is 5.38 Å². The molecular weight excluding hydrogens is 216 g/mol. The highest BCUT2D eigenvalue weighted by molar-refractivity contribution is 7.09. The molecule has 1 rings (SSSR count).